The summed E-state index contributed by atoms with van der Waals surface area (Å²) in [4.78, 5) is 17.0. The van der Waals surface area contributed by atoms with E-state index < -0.39 is 0 Å². The Morgan fingerprint density at radius 2 is 1.48 bits per heavy atom. The van der Waals surface area contributed by atoms with Crippen LogP contribution in [0.3, 0.4) is 0 Å². The van der Waals surface area contributed by atoms with Crippen LogP contribution in [-0.2, 0) is 0 Å². The Bertz CT molecular complexity index is 1670. The quantitative estimate of drug-likeness (QED) is 0.235. The molecule has 6 nitrogen and oxygen atoms in total. The first-order valence-electron chi connectivity index (χ1n) is 10.6. The van der Waals surface area contributed by atoms with Crippen LogP contribution in [0.15, 0.2) is 107 Å². The van der Waals surface area contributed by atoms with E-state index in [9.17, 15) is 9.90 Å². The average Bonchev–Trinajstić information content (AvgIpc) is 3.15. The number of carbonyl (C=O) groups is 1. The lowest BCUT2D eigenvalue weighted by Gasteiger charge is -2.10. The van der Waals surface area contributed by atoms with Crippen LogP contribution >= 0.6 is 0 Å². The highest BCUT2D eigenvalue weighted by atomic mass is 16.3. The molecule has 6 heteroatoms. The Hall–Kier alpha value is -4.71. The van der Waals surface area contributed by atoms with Gasteiger partial charge in [0.05, 0.1) is 16.8 Å². The summed E-state index contributed by atoms with van der Waals surface area (Å²) in [5, 5.41) is 21.9. The van der Waals surface area contributed by atoms with E-state index in [1.54, 1.807) is 16.5 Å². The first kappa shape index (κ1) is 19.0. The maximum atomic E-state index is 13.7. The van der Waals surface area contributed by atoms with Crippen molar-refractivity contribution in [2.45, 2.75) is 0 Å². The second kappa shape index (κ2) is 7.46. The number of nitrogens with zero attached hydrogens (tertiary/aromatic N) is 3. The smallest absolute Gasteiger partial charge is 0.226 e. The van der Waals surface area contributed by atoms with Gasteiger partial charge in [0.25, 0.3) is 0 Å². The molecule has 0 spiro atoms. The summed E-state index contributed by atoms with van der Waals surface area (Å²) in [7, 11) is 0. The van der Waals surface area contributed by atoms with Crippen LogP contribution in [0.4, 0.5) is 11.4 Å². The van der Waals surface area contributed by atoms with Gasteiger partial charge in [0.15, 0.2) is 11.5 Å². The van der Waals surface area contributed by atoms with Crippen LogP contribution in [0.1, 0.15) is 15.9 Å². The average molecular weight is 430 g/mol. The molecule has 0 aliphatic rings. The molecule has 158 valence electrons. The molecule has 0 bridgehead atoms. The number of azo groups is 1. The van der Waals surface area contributed by atoms with Gasteiger partial charge in [-0.05, 0) is 29.7 Å². The fourth-order valence-electron chi connectivity index (χ4n) is 4.29. The number of benzene rings is 4. The first-order chi connectivity index (χ1) is 16.2. The van der Waals surface area contributed by atoms with Crippen molar-refractivity contribution in [2.24, 2.45) is 10.2 Å². The number of fused-ring (bicyclic) bond motifs is 2. The zero-order valence-electron chi connectivity index (χ0n) is 17.4. The molecule has 0 saturated heterocycles. The third kappa shape index (κ3) is 3.00. The van der Waals surface area contributed by atoms with Gasteiger partial charge in [-0.1, -0.05) is 72.8 Å². The van der Waals surface area contributed by atoms with E-state index in [0.29, 0.717) is 16.9 Å². The number of rotatable bonds is 4. The summed E-state index contributed by atoms with van der Waals surface area (Å²) in [5.41, 5.74) is 3.62. The topological polar surface area (TPSA) is 82.2 Å². The van der Waals surface area contributed by atoms with Crippen LogP contribution in [-0.4, -0.2) is 20.3 Å². The zero-order valence-corrected chi connectivity index (χ0v) is 17.4. The summed E-state index contributed by atoms with van der Waals surface area (Å²) < 4.78 is 1.64. The van der Waals surface area contributed by atoms with E-state index in [1.165, 1.54) is 0 Å². The van der Waals surface area contributed by atoms with E-state index in [-0.39, 0.29) is 22.9 Å². The summed E-state index contributed by atoms with van der Waals surface area (Å²) >= 11 is 0. The van der Waals surface area contributed by atoms with Crippen molar-refractivity contribution < 1.29 is 9.90 Å². The molecule has 4 aromatic carbocycles. The van der Waals surface area contributed by atoms with E-state index in [1.807, 2.05) is 84.9 Å². The Balaban J connectivity index is 1.71. The molecule has 6 aromatic rings. The van der Waals surface area contributed by atoms with Crippen LogP contribution in [0.2, 0.25) is 0 Å². The molecule has 2 aromatic heterocycles. The Kier molecular flexibility index (Phi) is 4.30. The fraction of sp³-hybridized carbons (Fsp3) is 0. The number of H-pyrrole nitrogens is 1. The number of ketones is 1. The predicted molar refractivity (Wildman–Crippen MR) is 129 cm³/mol. The molecule has 2 N–H and O–H groups in total. The number of nitrogens with one attached hydrogen (secondary N) is 1. The second-order valence-corrected chi connectivity index (χ2v) is 7.77. The molecular weight excluding hydrogens is 412 g/mol. The van der Waals surface area contributed by atoms with Gasteiger partial charge in [0, 0.05) is 16.5 Å². The largest absolute Gasteiger partial charge is 0.493 e. The molecule has 33 heavy (non-hydrogen) atoms. The van der Waals surface area contributed by atoms with E-state index >= 15 is 0 Å². The van der Waals surface area contributed by atoms with Gasteiger partial charge in [-0.3, -0.25) is 9.20 Å². The van der Waals surface area contributed by atoms with Crippen LogP contribution < -0.4 is 0 Å². The van der Waals surface area contributed by atoms with Gasteiger partial charge in [-0.25, -0.2) is 0 Å². The minimum atomic E-state index is -0.249. The normalized spacial score (nSPS) is 11.8. The van der Waals surface area contributed by atoms with Crippen molar-refractivity contribution in [3.05, 3.63) is 108 Å². The maximum absolute atomic E-state index is 13.7. The molecule has 0 aliphatic heterocycles. The molecule has 6 rings (SSSR count). The molecule has 0 saturated carbocycles. The van der Waals surface area contributed by atoms with Crippen LogP contribution in [0, 0.1) is 0 Å². The number of hydrogen-bond donors (Lipinski definition) is 2. The monoisotopic (exact) mass is 430 g/mol. The Morgan fingerprint density at radius 1 is 0.788 bits per heavy atom. The number of aromatic amines is 1. The van der Waals surface area contributed by atoms with Gasteiger partial charge in [-0.15, -0.1) is 5.11 Å². The first-order valence-corrected chi connectivity index (χ1v) is 10.6. The Morgan fingerprint density at radius 3 is 2.24 bits per heavy atom. The highest BCUT2D eigenvalue weighted by Gasteiger charge is 2.27. The highest BCUT2D eigenvalue weighted by molar-refractivity contribution is 6.18. The van der Waals surface area contributed by atoms with E-state index in [2.05, 4.69) is 15.2 Å². The lowest BCUT2D eigenvalue weighted by molar-refractivity contribution is 0.104. The third-order valence-electron chi connectivity index (χ3n) is 5.78. The van der Waals surface area contributed by atoms with E-state index in [4.69, 9.17) is 0 Å². The zero-order chi connectivity index (χ0) is 22.4. The lowest BCUT2D eigenvalue weighted by atomic mass is 10.0. The van der Waals surface area contributed by atoms with Gasteiger partial charge in [0.1, 0.15) is 5.65 Å². The Labute approximate surface area is 188 Å². The minimum Gasteiger partial charge on any atom is -0.493 e. The number of aromatic nitrogens is 2. The molecule has 0 atom stereocenters. The molecule has 0 aliphatic carbocycles. The van der Waals surface area contributed by atoms with Crippen molar-refractivity contribution in [1.82, 2.24) is 9.38 Å². The molecule has 2 heterocycles. The lowest BCUT2D eigenvalue weighted by Crippen LogP contribution is -2.03. The summed E-state index contributed by atoms with van der Waals surface area (Å²) in [6, 6.07) is 30.0. The second-order valence-electron chi connectivity index (χ2n) is 7.77. The molecular formula is C27H18N4O2. The van der Waals surface area contributed by atoms with Crippen molar-refractivity contribution in [3.8, 4) is 5.88 Å². The van der Waals surface area contributed by atoms with Gasteiger partial charge in [-0.2, -0.15) is 5.11 Å². The standard InChI is InChI=1S/C27H18N4O2/c32-25(18-9-3-1-4-10-18)23-24(30-29-19-13-5-2-6-14-19)27(33)31-21-16-8-12-17-11-7-15-20(22(17)21)28-26(23)31/h1-16,28,33H. The predicted octanol–water partition coefficient (Wildman–Crippen LogP) is 6.93. The molecule has 0 radical (unpaired) electrons. The maximum Gasteiger partial charge on any atom is 0.226 e. The highest BCUT2D eigenvalue weighted by Crippen LogP contribution is 2.41. The van der Waals surface area contributed by atoms with Gasteiger partial charge in [0.2, 0.25) is 5.88 Å². The van der Waals surface area contributed by atoms with Crippen molar-refractivity contribution in [1.29, 1.82) is 0 Å². The molecule has 0 unspecified atom stereocenters. The fourth-order valence-corrected chi connectivity index (χ4v) is 4.29. The van der Waals surface area contributed by atoms with Gasteiger partial charge >= 0.3 is 0 Å². The van der Waals surface area contributed by atoms with E-state index in [0.717, 1.165) is 21.8 Å². The summed E-state index contributed by atoms with van der Waals surface area (Å²) in [6.45, 7) is 0. The van der Waals surface area contributed by atoms with Crippen molar-refractivity contribution in [2.75, 3.05) is 0 Å². The molecule has 0 fully saturated rings. The summed E-state index contributed by atoms with van der Waals surface area (Å²) in [6.07, 6.45) is 0. The number of aromatic hydroxyl groups is 1. The van der Waals surface area contributed by atoms with Crippen LogP contribution in [0.25, 0.3) is 27.5 Å². The number of hydrogen-bond acceptors (Lipinski definition) is 4. The SMILES string of the molecule is O=C(c1ccccc1)c1c(N=Nc2ccccc2)c(O)n2c1[nH]c1cccc3cccc2c31. The van der Waals surface area contributed by atoms with Crippen molar-refractivity contribution in [3.63, 3.8) is 0 Å². The van der Waals surface area contributed by atoms with Gasteiger partial charge < -0.3 is 10.1 Å². The number of carbonyl (C=O) groups excluding carboxylic acids is 1. The van der Waals surface area contributed by atoms with Crippen molar-refractivity contribution >= 4 is 44.6 Å². The molecule has 0 amide bonds. The third-order valence-corrected chi connectivity index (χ3v) is 5.78. The summed E-state index contributed by atoms with van der Waals surface area (Å²) in [5.74, 6) is -0.390. The minimum absolute atomic E-state index is 0.125. The van der Waals surface area contributed by atoms with Crippen LogP contribution in [0.5, 0.6) is 5.88 Å².